The van der Waals surface area contributed by atoms with E-state index in [0.717, 1.165) is 17.7 Å². The zero-order chi connectivity index (χ0) is 13.7. The molecule has 0 aromatic heterocycles. The van der Waals surface area contributed by atoms with Gasteiger partial charge in [0.2, 0.25) is 0 Å². The maximum absolute atomic E-state index is 13.3. The molecule has 0 atom stereocenters. The second-order valence-electron chi connectivity index (χ2n) is 3.78. The molecule has 0 spiro atoms. The number of halogens is 2. The SMILES string of the molecule is O=C(Nc1c(F)cccc1F)OCc1ccccc1. The van der Waals surface area contributed by atoms with E-state index in [4.69, 9.17) is 4.74 Å². The number of amides is 1. The van der Waals surface area contributed by atoms with Gasteiger partial charge in [-0.3, -0.25) is 5.32 Å². The highest BCUT2D eigenvalue weighted by Gasteiger charge is 2.12. The molecule has 0 aliphatic heterocycles. The lowest BCUT2D eigenvalue weighted by Crippen LogP contribution is -2.15. The van der Waals surface area contributed by atoms with Gasteiger partial charge in [0, 0.05) is 0 Å². The Bertz CT molecular complexity index is 553. The molecule has 0 aliphatic carbocycles. The highest BCUT2D eigenvalue weighted by molar-refractivity contribution is 5.84. The average Bonchev–Trinajstić information content (AvgIpc) is 2.42. The number of nitrogens with one attached hydrogen (secondary N) is 1. The minimum absolute atomic E-state index is 0.0305. The molecule has 3 nitrogen and oxygen atoms in total. The monoisotopic (exact) mass is 263 g/mol. The second kappa shape index (κ2) is 5.95. The Kier molecular flexibility index (Phi) is 4.07. The van der Waals surface area contributed by atoms with Crippen molar-refractivity contribution in [2.24, 2.45) is 0 Å². The van der Waals surface area contributed by atoms with Gasteiger partial charge in [-0.25, -0.2) is 13.6 Å². The number of carbonyl (C=O) groups excluding carboxylic acids is 1. The van der Waals surface area contributed by atoms with Gasteiger partial charge in [0.25, 0.3) is 0 Å². The van der Waals surface area contributed by atoms with E-state index in [9.17, 15) is 13.6 Å². The summed E-state index contributed by atoms with van der Waals surface area (Å²) in [6, 6.07) is 12.3. The van der Waals surface area contributed by atoms with Gasteiger partial charge in [-0.15, -0.1) is 0 Å². The molecule has 19 heavy (non-hydrogen) atoms. The smallest absolute Gasteiger partial charge is 0.412 e. The molecule has 1 N–H and O–H groups in total. The number of hydrogen-bond acceptors (Lipinski definition) is 2. The van der Waals surface area contributed by atoms with Crippen LogP contribution in [-0.4, -0.2) is 6.09 Å². The zero-order valence-corrected chi connectivity index (χ0v) is 9.90. The summed E-state index contributed by atoms with van der Waals surface area (Å²) in [5.41, 5.74) is 0.271. The molecule has 0 fully saturated rings. The lowest BCUT2D eigenvalue weighted by molar-refractivity contribution is 0.155. The van der Waals surface area contributed by atoms with Crippen molar-refractivity contribution in [3.8, 4) is 0 Å². The average molecular weight is 263 g/mol. The molecule has 1 amide bonds. The Morgan fingerprint density at radius 2 is 1.63 bits per heavy atom. The minimum Gasteiger partial charge on any atom is -0.444 e. The lowest BCUT2D eigenvalue weighted by Gasteiger charge is -2.08. The van der Waals surface area contributed by atoms with Crippen LogP contribution < -0.4 is 5.32 Å². The first-order valence-electron chi connectivity index (χ1n) is 5.58. The van der Waals surface area contributed by atoms with Gasteiger partial charge in [0.1, 0.15) is 23.9 Å². The highest BCUT2D eigenvalue weighted by atomic mass is 19.1. The number of para-hydroxylation sites is 1. The molecule has 0 radical (unpaired) electrons. The fourth-order valence-electron chi connectivity index (χ4n) is 1.48. The van der Waals surface area contributed by atoms with Crippen molar-refractivity contribution >= 4 is 11.8 Å². The standard InChI is InChI=1S/C14H11F2NO2/c15-11-7-4-8-12(16)13(11)17-14(18)19-9-10-5-2-1-3-6-10/h1-8H,9H2,(H,17,18). The summed E-state index contributed by atoms with van der Waals surface area (Å²) >= 11 is 0. The van der Waals surface area contributed by atoms with Crippen LogP contribution >= 0.6 is 0 Å². The van der Waals surface area contributed by atoms with E-state index in [1.807, 2.05) is 11.4 Å². The predicted molar refractivity (Wildman–Crippen MR) is 66.6 cm³/mol. The quantitative estimate of drug-likeness (QED) is 0.916. The molecule has 0 bridgehead atoms. The third kappa shape index (κ3) is 3.51. The molecule has 0 saturated carbocycles. The van der Waals surface area contributed by atoms with Crippen molar-refractivity contribution in [2.45, 2.75) is 6.61 Å². The minimum atomic E-state index is -0.909. The van der Waals surface area contributed by atoms with Crippen molar-refractivity contribution in [3.05, 3.63) is 65.7 Å². The number of ether oxygens (including phenoxy) is 1. The molecule has 0 unspecified atom stereocenters. The van der Waals surface area contributed by atoms with Crippen LogP contribution in [0.15, 0.2) is 48.5 Å². The third-order valence-electron chi connectivity index (χ3n) is 2.40. The van der Waals surface area contributed by atoms with Crippen LogP contribution in [0.1, 0.15) is 5.56 Å². The van der Waals surface area contributed by atoms with Crippen LogP contribution in [-0.2, 0) is 11.3 Å². The first kappa shape index (κ1) is 13.0. The summed E-state index contributed by atoms with van der Waals surface area (Å²) < 4.78 is 31.4. The lowest BCUT2D eigenvalue weighted by atomic mass is 10.2. The van der Waals surface area contributed by atoms with Gasteiger partial charge < -0.3 is 4.74 Å². The van der Waals surface area contributed by atoms with E-state index in [-0.39, 0.29) is 6.61 Å². The molecule has 2 aromatic rings. The molecule has 2 rings (SSSR count). The Labute approximate surface area is 108 Å². The highest BCUT2D eigenvalue weighted by Crippen LogP contribution is 2.18. The summed E-state index contributed by atoms with van der Waals surface area (Å²) in [6.07, 6.45) is -0.909. The van der Waals surface area contributed by atoms with E-state index in [1.165, 1.54) is 6.07 Å². The largest absolute Gasteiger partial charge is 0.444 e. The molecular weight excluding hydrogens is 252 g/mol. The fourth-order valence-corrected chi connectivity index (χ4v) is 1.48. The van der Waals surface area contributed by atoms with E-state index >= 15 is 0 Å². The molecule has 0 aliphatic rings. The first-order chi connectivity index (χ1) is 9.16. The topological polar surface area (TPSA) is 38.3 Å². The summed E-state index contributed by atoms with van der Waals surface area (Å²) in [6.45, 7) is 0.0305. The van der Waals surface area contributed by atoms with E-state index in [2.05, 4.69) is 0 Å². The molecule has 0 saturated heterocycles. The number of carbonyl (C=O) groups is 1. The second-order valence-corrected chi connectivity index (χ2v) is 3.78. The Morgan fingerprint density at radius 1 is 1.00 bits per heavy atom. The number of anilines is 1. The van der Waals surface area contributed by atoms with Crippen molar-refractivity contribution in [1.82, 2.24) is 0 Å². The van der Waals surface area contributed by atoms with Crippen LogP contribution in [0.25, 0.3) is 0 Å². The summed E-state index contributed by atoms with van der Waals surface area (Å²) in [5, 5.41) is 2.04. The summed E-state index contributed by atoms with van der Waals surface area (Å²) in [5.74, 6) is -1.70. The van der Waals surface area contributed by atoms with Crippen LogP contribution in [0.4, 0.5) is 19.3 Å². The van der Waals surface area contributed by atoms with Crippen LogP contribution in [0.2, 0.25) is 0 Å². The Hall–Kier alpha value is -2.43. The van der Waals surface area contributed by atoms with Crippen molar-refractivity contribution < 1.29 is 18.3 Å². The van der Waals surface area contributed by atoms with Crippen molar-refractivity contribution in [2.75, 3.05) is 5.32 Å². The van der Waals surface area contributed by atoms with Crippen LogP contribution in [0.5, 0.6) is 0 Å². The van der Waals surface area contributed by atoms with E-state index < -0.39 is 23.4 Å². The van der Waals surface area contributed by atoms with Gasteiger partial charge in [-0.1, -0.05) is 36.4 Å². The first-order valence-corrected chi connectivity index (χ1v) is 5.58. The molecule has 98 valence electrons. The predicted octanol–water partition coefficient (Wildman–Crippen LogP) is 3.71. The number of benzene rings is 2. The van der Waals surface area contributed by atoms with Gasteiger partial charge >= 0.3 is 6.09 Å². The van der Waals surface area contributed by atoms with E-state index in [0.29, 0.717) is 0 Å². The third-order valence-corrected chi connectivity index (χ3v) is 2.40. The number of hydrogen-bond donors (Lipinski definition) is 1. The molecular formula is C14H11F2NO2. The maximum Gasteiger partial charge on any atom is 0.412 e. The zero-order valence-electron chi connectivity index (χ0n) is 9.90. The molecule has 0 heterocycles. The fraction of sp³-hybridized carbons (Fsp3) is 0.0714. The van der Waals surface area contributed by atoms with E-state index in [1.54, 1.807) is 24.3 Å². The van der Waals surface area contributed by atoms with Crippen LogP contribution in [0, 0.1) is 11.6 Å². The molecule has 2 aromatic carbocycles. The summed E-state index contributed by atoms with van der Waals surface area (Å²) in [4.78, 5) is 11.4. The van der Waals surface area contributed by atoms with Crippen LogP contribution in [0.3, 0.4) is 0 Å². The summed E-state index contributed by atoms with van der Waals surface area (Å²) in [7, 11) is 0. The van der Waals surface area contributed by atoms with Gasteiger partial charge in [-0.2, -0.15) is 0 Å². The molecule has 5 heteroatoms. The Morgan fingerprint density at radius 3 is 2.26 bits per heavy atom. The van der Waals surface area contributed by atoms with Gasteiger partial charge in [0.15, 0.2) is 0 Å². The van der Waals surface area contributed by atoms with Crippen molar-refractivity contribution in [1.29, 1.82) is 0 Å². The van der Waals surface area contributed by atoms with Gasteiger partial charge in [0.05, 0.1) is 0 Å². The number of rotatable bonds is 3. The normalized spacial score (nSPS) is 10.0. The maximum atomic E-state index is 13.3. The Balaban J connectivity index is 1.95. The van der Waals surface area contributed by atoms with Gasteiger partial charge in [-0.05, 0) is 17.7 Å². The van der Waals surface area contributed by atoms with Crippen molar-refractivity contribution in [3.63, 3.8) is 0 Å².